The average molecular weight is 97.2 g/mol. The zero-order valence-corrected chi connectivity index (χ0v) is 5.36. The van der Waals surface area contributed by atoms with Gasteiger partial charge >= 0.3 is 0 Å². The topological polar surface area (TPSA) is 0 Å². The van der Waals surface area contributed by atoms with Crippen LogP contribution < -0.4 is 0 Å². The molecule has 0 heteroatoms. The molecule has 0 spiro atoms. The van der Waals surface area contributed by atoms with Gasteiger partial charge in [0.2, 0.25) is 0 Å². The number of allylic oxidation sites excluding steroid dienone is 2. The average Bonchev–Trinajstić information content (AvgIpc) is 1.61. The first-order valence-electron chi connectivity index (χ1n) is 2.67. The normalized spacial score (nSPS) is 11.4. The molecule has 0 fully saturated rings. The van der Waals surface area contributed by atoms with E-state index in [0.29, 0.717) is 0 Å². The maximum absolute atomic E-state index is 2.16. The minimum Gasteiger partial charge on any atom is -0.0916 e. The van der Waals surface area contributed by atoms with E-state index in [2.05, 4.69) is 26.0 Å². The second-order valence-electron chi connectivity index (χ2n) is 1.98. The van der Waals surface area contributed by atoms with Crippen LogP contribution in [0.3, 0.4) is 0 Å². The summed E-state index contributed by atoms with van der Waals surface area (Å²) in [4.78, 5) is 0. The summed E-state index contributed by atoms with van der Waals surface area (Å²) < 4.78 is 0. The van der Waals surface area contributed by atoms with Crippen LogP contribution in [0.15, 0.2) is 12.2 Å². The highest BCUT2D eigenvalue weighted by molar-refractivity contribution is 4.90. The van der Waals surface area contributed by atoms with Crippen LogP contribution in [0.1, 0.15) is 27.2 Å². The van der Waals surface area contributed by atoms with Gasteiger partial charge < -0.3 is 0 Å². The van der Waals surface area contributed by atoms with E-state index in [0.717, 1.165) is 6.42 Å². The lowest BCUT2D eigenvalue weighted by atomic mass is 10.1. The van der Waals surface area contributed by atoms with Crippen molar-refractivity contribution in [3.8, 4) is 0 Å². The van der Waals surface area contributed by atoms with Crippen molar-refractivity contribution in [1.29, 1.82) is 0 Å². The standard InChI is InChI=1S/C7H13/c1-4-5-6-7(2)3/h4-5H,6H2,1-3H3. The van der Waals surface area contributed by atoms with Crippen LogP contribution in [-0.2, 0) is 0 Å². The largest absolute Gasteiger partial charge is 0.0916 e. The van der Waals surface area contributed by atoms with Crippen LogP contribution >= 0.6 is 0 Å². The van der Waals surface area contributed by atoms with E-state index in [1.54, 1.807) is 0 Å². The first kappa shape index (κ1) is 6.74. The lowest BCUT2D eigenvalue weighted by Crippen LogP contribution is -1.76. The van der Waals surface area contributed by atoms with E-state index in [-0.39, 0.29) is 0 Å². The Labute approximate surface area is 46.2 Å². The third-order valence-corrected chi connectivity index (χ3v) is 0.762. The van der Waals surface area contributed by atoms with Crippen molar-refractivity contribution in [2.45, 2.75) is 27.2 Å². The summed E-state index contributed by atoms with van der Waals surface area (Å²) in [6.07, 6.45) is 5.37. The summed E-state index contributed by atoms with van der Waals surface area (Å²) in [6.45, 7) is 6.32. The highest BCUT2D eigenvalue weighted by Gasteiger charge is 1.84. The van der Waals surface area contributed by atoms with Crippen LogP contribution in [0.25, 0.3) is 0 Å². The Morgan fingerprint density at radius 3 is 2.14 bits per heavy atom. The van der Waals surface area contributed by atoms with Crippen LogP contribution in [0.4, 0.5) is 0 Å². The molecular formula is C7H13. The van der Waals surface area contributed by atoms with Gasteiger partial charge in [0.05, 0.1) is 0 Å². The predicted octanol–water partition coefficient (Wildman–Crippen LogP) is 2.57. The van der Waals surface area contributed by atoms with E-state index < -0.39 is 0 Å². The molecule has 0 aromatic rings. The van der Waals surface area contributed by atoms with Gasteiger partial charge in [0.1, 0.15) is 0 Å². The van der Waals surface area contributed by atoms with Gasteiger partial charge in [0.25, 0.3) is 0 Å². The summed E-state index contributed by atoms with van der Waals surface area (Å²) in [5, 5.41) is 0. The molecule has 0 rings (SSSR count). The third-order valence-electron chi connectivity index (χ3n) is 0.762. The molecule has 7 heavy (non-hydrogen) atoms. The molecule has 0 nitrogen and oxygen atoms in total. The molecule has 0 saturated carbocycles. The third kappa shape index (κ3) is 5.74. The van der Waals surface area contributed by atoms with Crippen molar-refractivity contribution in [2.75, 3.05) is 0 Å². The van der Waals surface area contributed by atoms with Gasteiger partial charge in [-0.1, -0.05) is 26.0 Å². The fourth-order valence-electron chi connectivity index (χ4n) is 0.354. The molecular weight excluding hydrogens is 84.1 g/mol. The Bertz CT molecular complexity index is 51.1. The molecule has 0 heterocycles. The molecule has 0 N–H and O–H groups in total. The molecule has 0 saturated heterocycles. The van der Waals surface area contributed by atoms with Crippen molar-refractivity contribution in [3.05, 3.63) is 18.1 Å². The molecule has 0 atom stereocenters. The maximum Gasteiger partial charge on any atom is -0.0265 e. The Morgan fingerprint density at radius 2 is 2.00 bits per heavy atom. The van der Waals surface area contributed by atoms with Gasteiger partial charge in [-0.05, 0) is 19.3 Å². The molecule has 0 amide bonds. The van der Waals surface area contributed by atoms with Crippen molar-refractivity contribution in [3.63, 3.8) is 0 Å². The molecule has 0 unspecified atom stereocenters. The van der Waals surface area contributed by atoms with Gasteiger partial charge in [0.15, 0.2) is 0 Å². The summed E-state index contributed by atoms with van der Waals surface area (Å²) in [5.41, 5.74) is 0. The van der Waals surface area contributed by atoms with Crippen LogP contribution in [0.2, 0.25) is 0 Å². The number of hydrogen-bond acceptors (Lipinski definition) is 0. The van der Waals surface area contributed by atoms with Crippen molar-refractivity contribution >= 4 is 0 Å². The maximum atomic E-state index is 2.16. The van der Waals surface area contributed by atoms with E-state index in [9.17, 15) is 0 Å². The Balaban J connectivity index is 2.97. The van der Waals surface area contributed by atoms with Crippen LogP contribution in [-0.4, -0.2) is 0 Å². The Hall–Kier alpha value is -0.260. The molecule has 0 aliphatic carbocycles. The minimum atomic E-state index is 1.14. The van der Waals surface area contributed by atoms with E-state index in [1.807, 2.05) is 6.92 Å². The zero-order chi connectivity index (χ0) is 5.70. The zero-order valence-electron chi connectivity index (χ0n) is 5.36. The first-order valence-corrected chi connectivity index (χ1v) is 2.67. The second-order valence-corrected chi connectivity index (χ2v) is 1.98. The van der Waals surface area contributed by atoms with E-state index in [1.165, 1.54) is 5.92 Å². The Kier molecular flexibility index (Phi) is 3.77. The summed E-state index contributed by atoms with van der Waals surface area (Å²) >= 11 is 0. The molecule has 41 valence electrons. The van der Waals surface area contributed by atoms with Gasteiger partial charge in [0, 0.05) is 0 Å². The summed E-state index contributed by atoms with van der Waals surface area (Å²) in [6, 6.07) is 0. The molecule has 0 bridgehead atoms. The predicted molar refractivity (Wildman–Crippen MR) is 34.0 cm³/mol. The lowest BCUT2D eigenvalue weighted by Gasteiger charge is -1.92. The van der Waals surface area contributed by atoms with Gasteiger partial charge in [-0.3, -0.25) is 0 Å². The summed E-state index contributed by atoms with van der Waals surface area (Å²) in [5.74, 6) is 1.47. The molecule has 1 radical (unpaired) electrons. The highest BCUT2D eigenvalue weighted by Crippen LogP contribution is 2.01. The number of hydrogen-bond donors (Lipinski definition) is 0. The highest BCUT2D eigenvalue weighted by atomic mass is 13.9. The van der Waals surface area contributed by atoms with E-state index in [4.69, 9.17) is 0 Å². The van der Waals surface area contributed by atoms with Crippen molar-refractivity contribution in [1.82, 2.24) is 0 Å². The van der Waals surface area contributed by atoms with E-state index >= 15 is 0 Å². The molecule has 0 aliphatic heterocycles. The number of rotatable bonds is 2. The minimum absolute atomic E-state index is 1.14. The van der Waals surface area contributed by atoms with Crippen LogP contribution in [0, 0.1) is 5.92 Å². The fraction of sp³-hybridized carbons (Fsp3) is 0.571. The summed E-state index contributed by atoms with van der Waals surface area (Å²) in [7, 11) is 0. The fourth-order valence-corrected chi connectivity index (χ4v) is 0.354. The Morgan fingerprint density at radius 1 is 1.43 bits per heavy atom. The van der Waals surface area contributed by atoms with Gasteiger partial charge in [-0.15, -0.1) is 0 Å². The lowest BCUT2D eigenvalue weighted by molar-refractivity contribution is 0.990. The first-order chi connectivity index (χ1) is 3.27. The van der Waals surface area contributed by atoms with Crippen molar-refractivity contribution in [2.24, 2.45) is 0 Å². The molecule has 0 aromatic carbocycles. The van der Waals surface area contributed by atoms with Crippen LogP contribution in [0.5, 0.6) is 0 Å². The van der Waals surface area contributed by atoms with Gasteiger partial charge in [-0.2, -0.15) is 0 Å². The monoisotopic (exact) mass is 97.1 g/mol. The second kappa shape index (κ2) is 3.91. The SMILES string of the molecule is CC=CC[C](C)C. The smallest absolute Gasteiger partial charge is 0.0265 e. The molecule has 0 aromatic heterocycles. The molecule has 0 aliphatic rings. The van der Waals surface area contributed by atoms with Gasteiger partial charge in [-0.25, -0.2) is 0 Å². The quantitative estimate of drug-likeness (QED) is 0.464. The van der Waals surface area contributed by atoms with Crippen molar-refractivity contribution < 1.29 is 0 Å².